The smallest absolute Gasteiger partial charge is 0.255 e. The molecule has 0 bridgehead atoms. The van der Waals surface area contributed by atoms with E-state index in [0.717, 1.165) is 57.1 Å². The van der Waals surface area contributed by atoms with Gasteiger partial charge in [-0.15, -0.1) is 0 Å². The van der Waals surface area contributed by atoms with Crippen LogP contribution in [0.25, 0.3) is 0 Å². The molecule has 2 aromatic carbocycles. The van der Waals surface area contributed by atoms with Gasteiger partial charge in [0, 0.05) is 30.9 Å². The van der Waals surface area contributed by atoms with Crippen molar-refractivity contribution in [3.63, 3.8) is 0 Å². The van der Waals surface area contributed by atoms with Gasteiger partial charge in [-0.25, -0.2) is 0 Å². The highest BCUT2D eigenvalue weighted by molar-refractivity contribution is 6.04. The molecule has 1 aliphatic heterocycles. The van der Waals surface area contributed by atoms with E-state index in [0.29, 0.717) is 12.2 Å². The van der Waals surface area contributed by atoms with Crippen LogP contribution in [-0.2, 0) is 11.3 Å². The van der Waals surface area contributed by atoms with E-state index in [1.807, 2.05) is 24.3 Å². The number of ether oxygens (including phenoxy) is 2. The quantitative estimate of drug-likeness (QED) is 0.717. The molecule has 1 aliphatic rings. The second-order valence-electron chi connectivity index (χ2n) is 6.77. The number of carbonyl (C=O) groups excluding carboxylic acids is 1. The number of rotatable bonds is 8. The number of unbranched alkanes of at least 4 members (excludes halogenated alkanes) is 1. The average Bonchev–Trinajstić information content (AvgIpc) is 2.71. The molecule has 1 amide bonds. The number of hydrogen-bond acceptors (Lipinski definition) is 4. The summed E-state index contributed by atoms with van der Waals surface area (Å²) < 4.78 is 11.1. The van der Waals surface area contributed by atoms with Crippen molar-refractivity contribution in [2.45, 2.75) is 26.3 Å². The molecule has 27 heavy (non-hydrogen) atoms. The molecular formula is C22H28N2O3. The molecule has 0 unspecified atom stereocenters. The molecule has 144 valence electrons. The van der Waals surface area contributed by atoms with Gasteiger partial charge in [-0.3, -0.25) is 9.69 Å². The van der Waals surface area contributed by atoms with E-state index in [-0.39, 0.29) is 5.91 Å². The lowest BCUT2D eigenvalue weighted by molar-refractivity contribution is 0.0342. The Morgan fingerprint density at radius 2 is 1.93 bits per heavy atom. The maximum Gasteiger partial charge on any atom is 0.255 e. The SMILES string of the molecule is CCCCOc1cccc(C(=O)Nc2ccc(CN3CCOCC3)cc2)c1. The van der Waals surface area contributed by atoms with Crippen LogP contribution in [0.3, 0.4) is 0 Å². The molecule has 0 radical (unpaired) electrons. The monoisotopic (exact) mass is 368 g/mol. The van der Waals surface area contributed by atoms with E-state index >= 15 is 0 Å². The zero-order chi connectivity index (χ0) is 18.9. The molecule has 0 saturated carbocycles. The molecule has 0 aromatic heterocycles. The maximum atomic E-state index is 12.5. The first kappa shape index (κ1) is 19.4. The Hall–Kier alpha value is -2.37. The van der Waals surface area contributed by atoms with Crippen molar-refractivity contribution in [3.8, 4) is 5.75 Å². The molecule has 0 atom stereocenters. The number of anilines is 1. The normalized spacial score (nSPS) is 14.7. The van der Waals surface area contributed by atoms with E-state index in [1.165, 1.54) is 5.56 Å². The van der Waals surface area contributed by atoms with E-state index in [9.17, 15) is 4.79 Å². The van der Waals surface area contributed by atoms with Crippen molar-refractivity contribution in [2.24, 2.45) is 0 Å². The first-order valence-electron chi connectivity index (χ1n) is 9.68. The minimum absolute atomic E-state index is 0.128. The van der Waals surface area contributed by atoms with Crippen LogP contribution in [0.15, 0.2) is 48.5 Å². The summed E-state index contributed by atoms with van der Waals surface area (Å²) in [6.45, 7) is 7.25. The summed E-state index contributed by atoms with van der Waals surface area (Å²) in [5.74, 6) is 0.605. The van der Waals surface area contributed by atoms with Crippen LogP contribution in [0.1, 0.15) is 35.7 Å². The number of carbonyl (C=O) groups is 1. The molecule has 1 N–H and O–H groups in total. The lowest BCUT2D eigenvalue weighted by atomic mass is 10.1. The van der Waals surface area contributed by atoms with Crippen LogP contribution in [0.5, 0.6) is 5.75 Å². The summed E-state index contributed by atoms with van der Waals surface area (Å²) in [6.07, 6.45) is 2.09. The van der Waals surface area contributed by atoms with Crippen molar-refractivity contribution < 1.29 is 14.3 Å². The highest BCUT2D eigenvalue weighted by atomic mass is 16.5. The summed E-state index contributed by atoms with van der Waals surface area (Å²) in [6, 6.07) is 15.4. The lowest BCUT2D eigenvalue weighted by Crippen LogP contribution is -2.35. The zero-order valence-corrected chi connectivity index (χ0v) is 15.9. The molecule has 0 spiro atoms. The number of nitrogens with zero attached hydrogens (tertiary/aromatic N) is 1. The number of hydrogen-bond donors (Lipinski definition) is 1. The van der Waals surface area contributed by atoms with Gasteiger partial charge in [0.05, 0.1) is 19.8 Å². The van der Waals surface area contributed by atoms with Gasteiger partial charge in [0.25, 0.3) is 5.91 Å². The van der Waals surface area contributed by atoms with Gasteiger partial charge in [0.2, 0.25) is 0 Å². The molecule has 0 aliphatic carbocycles. The summed E-state index contributed by atoms with van der Waals surface area (Å²) in [4.78, 5) is 14.9. The van der Waals surface area contributed by atoms with Crippen LogP contribution < -0.4 is 10.1 Å². The molecule has 5 heteroatoms. The third-order valence-corrected chi connectivity index (χ3v) is 4.58. The number of morpholine rings is 1. The van der Waals surface area contributed by atoms with Gasteiger partial charge in [0.15, 0.2) is 0 Å². The van der Waals surface area contributed by atoms with Gasteiger partial charge in [-0.05, 0) is 42.3 Å². The van der Waals surface area contributed by atoms with Crippen molar-refractivity contribution in [1.29, 1.82) is 0 Å². The minimum Gasteiger partial charge on any atom is -0.494 e. The van der Waals surface area contributed by atoms with E-state index in [2.05, 4.69) is 29.3 Å². The van der Waals surface area contributed by atoms with Gasteiger partial charge in [0.1, 0.15) is 5.75 Å². The second-order valence-corrected chi connectivity index (χ2v) is 6.77. The zero-order valence-electron chi connectivity index (χ0n) is 15.9. The predicted molar refractivity (Wildman–Crippen MR) is 107 cm³/mol. The first-order valence-corrected chi connectivity index (χ1v) is 9.68. The fourth-order valence-corrected chi connectivity index (χ4v) is 2.98. The molecule has 2 aromatic rings. The van der Waals surface area contributed by atoms with Crippen LogP contribution in [0, 0.1) is 0 Å². The molecule has 3 rings (SSSR count). The lowest BCUT2D eigenvalue weighted by Gasteiger charge is -2.26. The Balaban J connectivity index is 1.55. The fourth-order valence-electron chi connectivity index (χ4n) is 2.98. The van der Waals surface area contributed by atoms with Crippen molar-refractivity contribution in [1.82, 2.24) is 4.90 Å². The third-order valence-electron chi connectivity index (χ3n) is 4.58. The number of amides is 1. The van der Waals surface area contributed by atoms with E-state index in [1.54, 1.807) is 12.1 Å². The van der Waals surface area contributed by atoms with Crippen molar-refractivity contribution in [2.75, 3.05) is 38.2 Å². The Morgan fingerprint density at radius 1 is 1.15 bits per heavy atom. The van der Waals surface area contributed by atoms with Crippen LogP contribution in [0.2, 0.25) is 0 Å². The van der Waals surface area contributed by atoms with E-state index in [4.69, 9.17) is 9.47 Å². The summed E-state index contributed by atoms with van der Waals surface area (Å²) >= 11 is 0. The topological polar surface area (TPSA) is 50.8 Å². The van der Waals surface area contributed by atoms with Gasteiger partial charge in [-0.1, -0.05) is 31.5 Å². The largest absolute Gasteiger partial charge is 0.494 e. The van der Waals surface area contributed by atoms with Crippen LogP contribution in [-0.4, -0.2) is 43.7 Å². The Morgan fingerprint density at radius 3 is 2.67 bits per heavy atom. The Bertz CT molecular complexity index is 725. The average molecular weight is 368 g/mol. The molecule has 1 fully saturated rings. The molecular weight excluding hydrogens is 340 g/mol. The molecule has 5 nitrogen and oxygen atoms in total. The van der Waals surface area contributed by atoms with E-state index < -0.39 is 0 Å². The highest BCUT2D eigenvalue weighted by Gasteiger charge is 2.11. The second kappa shape index (κ2) is 10.1. The third kappa shape index (κ3) is 6.08. The maximum absolute atomic E-state index is 12.5. The summed E-state index contributed by atoms with van der Waals surface area (Å²) in [5.41, 5.74) is 2.63. The first-order chi connectivity index (χ1) is 13.2. The van der Waals surface area contributed by atoms with Crippen LogP contribution in [0.4, 0.5) is 5.69 Å². The molecule has 1 saturated heterocycles. The fraction of sp³-hybridized carbons (Fsp3) is 0.409. The predicted octanol–water partition coefficient (Wildman–Crippen LogP) is 3.95. The Kier molecular flexibility index (Phi) is 7.25. The van der Waals surface area contributed by atoms with Crippen molar-refractivity contribution in [3.05, 3.63) is 59.7 Å². The standard InChI is InChI=1S/C22H28N2O3/c1-2-3-13-27-21-6-4-5-19(16-21)22(25)23-20-9-7-18(8-10-20)17-24-11-14-26-15-12-24/h4-10,16H,2-3,11-15,17H2,1H3,(H,23,25). The van der Waals surface area contributed by atoms with Gasteiger partial charge in [-0.2, -0.15) is 0 Å². The van der Waals surface area contributed by atoms with Gasteiger partial charge < -0.3 is 14.8 Å². The highest BCUT2D eigenvalue weighted by Crippen LogP contribution is 2.17. The molecule has 1 heterocycles. The summed E-state index contributed by atoms with van der Waals surface area (Å²) in [5, 5.41) is 2.96. The van der Waals surface area contributed by atoms with Crippen molar-refractivity contribution >= 4 is 11.6 Å². The summed E-state index contributed by atoms with van der Waals surface area (Å²) in [7, 11) is 0. The van der Waals surface area contributed by atoms with Gasteiger partial charge >= 0.3 is 0 Å². The number of benzene rings is 2. The number of nitrogens with one attached hydrogen (secondary N) is 1. The van der Waals surface area contributed by atoms with Crippen LogP contribution >= 0.6 is 0 Å². The Labute approximate surface area is 161 Å². The minimum atomic E-state index is -0.128.